The Balaban J connectivity index is 1.36. The normalized spacial score (nSPS) is 22.2. The molecule has 6 nitrogen and oxygen atoms in total. The molecule has 0 N–H and O–H groups in total. The zero-order valence-electron chi connectivity index (χ0n) is 18.4. The molecule has 6 heteroatoms. The highest BCUT2D eigenvalue weighted by atomic mass is 16.2. The van der Waals surface area contributed by atoms with Crippen LogP contribution in [0.5, 0.6) is 0 Å². The summed E-state index contributed by atoms with van der Waals surface area (Å²) in [7, 11) is 2.06. The van der Waals surface area contributed by atoms with Crippen LogP contribution in [0.2, 0.25) is 0 Å². The van der Waals surface area contributed by atoms with E-state index in [4.69, 9.17) is 0 Å². The fraction of sp³-hybridized carbons (Fsp3) is 0.583. The van der Waals surface area contributed by atoms with Gasteiger partial charge in [0, 0.05) is 64.6 Å². The number of imidazole rings is 1. The summed E-state index contributed by atoms with van der Waals surface area (Å²) in [4.78, 5) is 24.5. The molecule has 1 aromatic heterocycles. The summed E-state index contributed by atoms with van der Waals surface area (Å²) in [5.74, 6) is 1.36. The van der Waals surface area contributed by atoms with E-state index in [0.717, 1.165) is 45.1 Å². The van der Waals surface area contributed by atoms with E-state index in [0.29, 0.717) is 18.4 Å². The van der Waals surface area contributed by atoms with E-state index in [-0.39, 0.29) is 6.04 Å². The van der Waals surface area contributed by atoms with Gasteiger partial charge >= 0.3 is 0 Å². The molecule has 1 aromatic carbocycles. The third-order valence-corrected chi connectivity index (χ3v) is 6.80. The second-order valence-corrected chi connectivity index (χ2v) is 8.76. The molecule has 0 bridgehead atoms. The van der Waals surface area contributed by atoms with Gasteiger partial charge in [0.25, 0.3) is 0 Å². The summed E-state index contributed by atoms with van der Waals surface area (Å²) in [6.07, 6.45) is 8.38. The molecule has 2 fully saturated rings. The van der Waals surface area contributed by atoms with Crippen molar-refractivity contribution in [2.75, 3.05) is 39.3 Å². The van der Waals surface area contributed by atoms with Crippen LogP contribution in [0.3, 0.4) is 0 Å². The lowest BCUT2D eigenvalue weighted by Crippen LogP contribution is -2.50. The maximum atomic E-state index is 12.8. The number of piperidine rings is 1. The molecule has 162 valence electrons. The fourth-order valence-corrected chi connectivity index (χ4v) is 4.92. The number of aryl methyl sites for hydroxylation is 1. The molecule has 2 aromatic rings. The summed E-state index contributed by atoms with van der Waals surface area (Å²) in [6.45, 7) is 7.68. The second-order valence-electron chi connectivity index (χ2n) is 8.76. The Morgan fingerprint density at radius 3 is 2.53 bits per heavy atom. The van der Waals surface area contributed by atoms with Gasteiger partial charge in [-0.25, -0.2) is 4.98 Å². The second kappa shape index (κ2) is 9.75. The van der Waals surface area contributed by atoms with Crippen molar-refractivity contribution in [3.63, 3.8) is 0 Å². The zero-order chi connectivity index (χ0) is 20.9. The standard InChI is InChI=1S/C24H35N5O/c1-20-8-6-7-13-27(20)14-11-22(30)28-16-18-29(19-17-28)23(21-9-4-3-5-10-21)24-25-12-15-26(24)2/h3-5,9-10,12,15,20,23H,6-8,11,13-14,16-19H2,1-2H3/t20-,23+/m1/s1. The minimum absolute atomic E-state index is 0.123. The lowest BCUT2D eigenvalue weighted by atomic mass is 10.0. The molecular weight excluding hydrogens is 374 g/mol. The molecule has 0 radical (unpaired) electrons. The van der Waals surface area contributed by atoms with Crippen molar-refractivity contribution in [2.24, 2.45) is 7.05 Å². The quantitative estimate of drug-likeness (QED) is 0.736. The first-order valence-corrected chi connectivity index (χ1v) is 11.4. The highest BCUT2D eigenvalue weighted by Gasteiger charge is 2.30. The number of hydrogen-bond acceptors (Lipinski definition) is 4. The SMILES string of the molecule is C[C@@H]1CCCCN1CCC(=O)N1CCN([C@@H](c2ccccc2)c2nccn2C)CC1. The van der Waals surface area contributed by atoms with Gasteiger partial charge in [-0.05, 0) is 31.9 Å². The molecule has 30 heavy (non-hydrogen) atoms. The van der Waals surface area contributed by atoms with Crippen LogP contribution in [-0.4, -0.2) is 75.5 Å². The van der Waals surface area contributed by atoms with E-state index in [1.807, 2.05) is 12.4 Å². The maximum Gasteiger partial charge on any atom is 0.223 e. The first kappa shape index (κ1) is 21.1. The van der Waals surface area contributed by atoms with Gasteiger partial charge in [0.1, 0.15) is 5.82 Å². The van der Waals surface area contributed by atoms with Crippen LogP contribution in [0.15, 0.2) is 42.7 Å². The van der Waals surface area contributed by atoms with Crippen LogP contribution in [-0.2, 0) is 11.8 Å². The number of hydrogen-bond donors (Lipinski definition) is 0. The number of amides is 1. The number of carbonyl (C=O) groups is 1. The Labute approximate surface area is 180 Å². The van der Waals surface area contributed by atoms with Gasteiger partial charge in [-0.1, -0.05) is 36.8 Å². The summed E-state index contributed by atoms with van der Waals surface area (Å²) >= 11 is 0. The van der Waals surface area contributed by atoms with Crippen molar-refractivity contribution < 1.29 is 4.79 Å². The van der Waals surface area contributed by atoms with Crippen LogP contribution in [0.1, 0.15) is 50.0 Å². The minimum Gasteiger partial charge on any atom is -0.340 e. The van der Waals surface area contributed by atoms with Gasteiger partial charge in [0.2, 0.25) is 5.91 Å². The topological polar surface area (TPSA) is 44.6 Å². The van der Waals surface area contributed by atoms with E-state index in [9.17, 15) is 4.79 Å². The number of aromatic nitrogens is 2. The predicted molar refractivity (Wildman–Crippen MR) is 119 cm³/mol. The molecule has 0 saturated carbocycles. The average Bonchev–Trinajstić information content (AvgIpc) is 3.20. The number of likely N-dealkylation sites (tertiary alicyclic amines) is 1. The minimum atomic E-state index is 0.123. The van der Waals surface area contributed by atoms with Gasteiger partial charge in [-0.3, -0.25) is 9.69 Å². The molecule has 2 saturated heterocycles. The number of rotatable bonds is 6. The molecular formula is C24H35N5O. The zero-order valence-corrected chi connectivity index (χ0v) is 18.4. The Morgan fingerprint density at radius 1 is 1.10 bits per heavy atom. The molecule has 4 rings (SSSR count). The molecule has 2 aliphatic rings. The lowest BCUT2D eigenvalue weighted by molar-refractivity contribution is -0.133. The summed E-state index contributed by atoms with van der Waals surface area (Å²) in [6, 6.07) is 11.3. The van der Waals surface area contributed by atoms with Crippen molar-refractivity contribution in [1.29, 1.82) is 0 Å². The third kappa shape index (κ3) is 4.76. The Hall–Kier alpha value is -2.18. The van der Waals surface area contributed by atoms with Gasteiger partial charge < -0.3 is 14.4 Å². The van der Waals surface area contributed by atoms with Gasteiger partial charge in [0.15, 0.2) is 0 Å². The van der Waals surface area contributed by atoms with Crippen LogP contribution >= 0.6 is 0 Å². The number of benzene rings is 1. The first-order valence-electron chi connectivity index (χ1n) is 11.4. The molecule has 0 aliphatic carbocycles. The van der Waals surface area contributed by atoms with E-state index >= 15 is 0 Å². The monoisotopic (exact) mass is 409 g/mol. The van der Waals surface area contributed by atoms with Crippen LogP contribution < -0.4 is 0 Å². The third-order valence-electron chi connectivity index (χ3n) is 6.80. The molecule has 0 spiro atoms. The van der Waals surface area contributed by atoms with Crippen molar-refractivity contribution in [3.05, 3.63) is 54.1 Å². The molecule has 0 unspecified atom stereocenters. The molecule has 2 atom stereocenters. The largest absolute Gasteiger partial charge is 0.340 e. The Kier molecular flexibility index (Phi) is 6.85. The number of nitrogens with zero attached hydrogens (tertiary/aromatic N) is 5. The number of piperazine rings is 1. The summed E-state index contributed by atoms with van der Waals surface area (Å²) < 4.78 is 2.11. The first-order chi connectivity index (χ1) is 14.6. The smallest absolute Gasteiger partial charge is 0.223 e. The average molecular weight is 410 g/mol. The van der Waals surface area contributed by atoms with Crippen molar-refractivity contribution in [2.45, 2.75) is 44.7 Å². The molecule has 2 aliphatic heterocycles. The van der Waals surface area contributed by atoms with E-state index < -0.39 is 0 Å². The number of carbonyl (C=O) groups excluding carboxylic acids is 1. The van der Waals surface area contributed by atoms with Crippen molar-refractivity contribution >= 4 is 5.91 Å². The van der Waals surface area contributed by atoms with Gasteiger partial charge in [-0.15, -0.1) is 0 Å². The summed E-state index contributed by atoms with van der Waals surface area (Å²) in [5.41, 5.74) is 1.26. The van der Waals surface area contributed by atoms with Crippen LogP contribution in [0, 0.1) is 0 Å². The Bertz CT molecular complexity index is 812. The van der Waals surface area contributed by atoms with E-state index in [1.165, 1.54) is 24.8 Å². The van der Waals surface area contributed by atoms with Crippen LogP contribution in [0.25, 0.3) is 0 Å². The molecule has 3 heterocycles. The lowest BCUT2D eigenvalue weighted by Gasteiger charge is -2.39. The highest BCUT2D eigenvalue weighted by molar-refractivity contribution is 5.76. The maximum absolute atomic E-state index is 12.8. The van der Waals surface area contributed by atoms with Crippen molar-refractivity contribution in [1.82, 2.24) is 24.3 Å². The van der Waals surface area contributed by atoms with Crippen molar-refractivity contribution in [3.8, 4) is 0 Å². The highest BCUT2D eigenvalue weighted by Crippen LogP contribution is 2.28. The van der Waals surface area contributed by atoms with Crippen LogP contribution in [0.4, 0.5) is 0 Å². The molecule has 1 amide bonds. The van der Waals surface area contributed by atoms with E-state index in [1.54, 1.807) is 0 Å². The van der Waals surface area contributed by atoms with Gasteiger partial charge in [0.05, 0.1) is 6.04 Å². The van der Waals surface area contributed by atoms with Gasteiger partial charge in [-0.2, -0.15) is 0 Å². The van der Waals surface area contributed by atoms with E-state index in [2.05, 4.69) is 68.6 Å². The summed E-state index contributed by atoms with van der Waals surface area (Å²) in [5, 5.41) is 0. The fourth-order valence-electron chi connectivity index (χ4n) is 4.92. The Morgan fingerprint density at radius 2 is 1.87 bits per heavy atom. The predicted octanol–water partition coefficient (Wildman–Crippen LogP) is 2.92.